The fourth-order valence-corrected chi connectivity index (χ4v) is 1.45. The van der Waals surface area contributed by atoms with Crippen LogP contribution in [0.25, 0.3) is 6.08 Å². The van der Waals surface area contributed by atoms with Gasteiger partial charge in [0.1, 0.15) is 5.82 Å². The molecule has 18 heavy (non-hydrogen) atoms. The number of benzene rings is 1. The third kappa shape index (κ3) is 6.15. The number of carbonyl (C=O) groups excluding carboxylic acids is 1. The van der Waals surface area contributed by atoms with E-state index in [9.17, 15) is 9.18 Å². The molecule has 0 atom stereocenters. The lowest BCUT2D eigenvalue weighted by molar-refractivity contribution is -0.116. The Balaban J connectivity index is 2.31. The first-order valence-electron chi connectivity index (χ1n) is 5.94. The molecule has 1 aromatic carbocycles. The molecule has 0 fully saturated rings. The quantitative estimate of drug-likeness (QED) is 0.618. The minimum Gasteiger partial charge on any atom is -0.353 e. The molecule has 0 spiro atoms. The van der Waals surface area contributed by atoms with Crippen molar-refractivity contribution in [3.8, 4) is 0 Å². The Morgan fingerprint density at radius 2 is 2.22 bits per heavy atom. The van der Waals surface area contributed by atoms with Crippen LogP contribution >= 0.6 is 0 Å². The van der Waals surface area contributed by atoms with Gasteiger partial charge in [-0.15, -0.1) is 0 Å². The van der Waals surface area contributed by atoms with Crippen LogP contribution in [-0.4, -0.2) is 38.0 Å². The first-order chi connectivity index (χ1) is 8.58. The normalized spacial score (nSPS) is 11.1. The van der Waals surface area contributed by atoms with E-state index in [1.54, 1.807) is 18.2 Å². The van der Waals surface area contributed by atoms with Crippen LogP contribution in [-0.2, 0) is 4.79 Å². The highest BCUT2D eigenvalue weighted by atomic mass is 19.1. The van der Waals surface area contributed by atoms with Crippen LogP contribution in [0.15, 0.2) is 30.3 Å². The molecule has 0 saturated heterocycles. The molecule has 4 heteroatoms. The molecule has 3 nitrogen and oxygen atoms in total. The summed E-state index contributed by atoms with van der Waals surface area (Å²) in [5.74, 6) is -0.457. The molecule has 0 radical (unpaired) electrons. The molecular formula is C14H19FN2O. The van der Waals surface area contributed by atoms with Crippen molar-refractivity contribution in [3.63, 3.8) is 0 Å². The Morgan fingerprint density at radius 1 is 1.44 bits per heavy atom. The van der Waals surface area contributed by atoms with Crippen LogP contribution in [0.4, 0.5) is 4.39 Å². The van der Waals surface area contributed by atoms with E-state index in [0.29, 0.717) is 12.1 Å². The summed E-state index contributed by atoms with van der Waals surface area (Å²) in [6.07, 6.45) is 3.93. The second-order valence-corrected chi connectivity index (χ2v) is 4.34. The highest BCUT2D eigenvalue weighted by molar-refractivity contribution is 5.91. The van der Waals surface area contributed by atoms with Crippen LogP contribution in [0.3, 0.4) is 0 Å². The first-order valence-corrected chi connectivity index (χ1v) is 5.94. The van der Waals surface area contributed by atoms with E-state index in [1.807, 2.05) is 14.1 Å². The molecule has 1 amide bonds. The zero-order valence-corrected chi connectivity index (χ0v) is 10.8. The van der Waals surface area contributed by atoms with Crippen molar-refractivity contribution in [2.24, 2.45) is 0 Å². The summed E-state index contributed by atoms with van der Waals surface area (Å²) in [6.45, 7) is 1.58. The first kappa shape index (κ1) is 14.4. The van der Waals surface area contributed by atoms with E-state index >= 15 is 0 Å². The summed E-state index contributed by atoms with van der Waals surface area (Å²) in [7, 11) is 3.98. The lowest BCUT2D eigenvalue weighted by Crippen LogP contribution is -2.25. The standard InChI is InChI=1S/C14H19FN2O/c1-17(2)10-4-9-16-14(18)8-7-12-5-3-6-13(15)11-12/h3,5-8,11H,4,9-10H2,1-2H3,(H,16,18)/b8-7+. The van der Waals surface area contributed by atoms with Crippen molar-refractivity contribution in [2.75, 3.05) is 27.2 Å². The molecule has 0 aliphatic rings. The number of hydrogen-bond acceptors (Lipinski definition) is 2. The number of hydrogen-bond donors (Lipinski definition) is 1. The average molecular weight is 250 g/mol. The SMILES string of the molecule is CN(C)CCCNC(=O)/C=C/c1cccc(F)c1. The number of nitrogens with zero attached hydrogens (tertiary/aromatic N) is 1. The van der Waals surface area contributed by atoms with Gasteiger partial charge in [-0.3, -0.25) is 4.79 Å². The maximum atomic E-state index is 12.9. The van der Waals surface area contributed by atoms with Gasteiger partial charge in [0.15, 0.2) is 0 Å². The molecule has 0 aliphatic carbocycles. The maximum Gasteiger partial charge on any atom is 0.243 e. The van der Waals surface area contributed by atoms with Gasteiger partial charge in [-0.2, -0.15) is 0 Å². The van der Waals surface area contributed by atoms with Crippen LogP contribution < -0.4 is 5.32 Å². The van der Waals surface area contributed by atoms with Crippen molar-refractivity contribution in [1.29, 1.82) is 0 Å². The summed E-state index contributed by atoms with van der Waals surface area (Å²) < 4.78 is 12.9. The van der Waals surface area contributed by atoms with E-state index in [1.165, 1.54) is 18.2 Å². The van der Waals surface area contributed by atoms with Crippen LogP contribution in [0.2, 0.25) is 0 Å². The van der Waals surface area contributed by atoms with Gasteiger partial charge in [0, 0.05) is 12.6 Å². The van der Waals surface area contributed by atoms with Gasteiger partial charge in [0.05, 0.1) is 0 Å². The highest BCUT2D eigenvalue weighted by Crippen LogP contribution is 2.04. The van der Waals surface area contributed by atoms with Gasteiger partial charge in [0.2, 0.25) is 5.91 Å². The third-order valence-corrected chi connectivity index (χ3v) is 2.36. The largest absolute Gasteiger partial charge is 0.353 e. The van der Waals surface area contributed by atoms with Gasteiger partial charge in [-0.05, 0) is 50.8 Å². The Bertz CT molecular complexity index is 416. The molecule has 0 aromatic heterocycles. The molecule has 1 rings (SSSR count). The van der Waals surface area contributed by atoms with Gasteiger partial charge in [-0.1, -0.05) is 12.1 Å². The van der Waals surface area contributed by atoms with Crippen molar-refractivity contribution in [2.45, 2.75) is 6.42 Å². The van der Waals surface area contributed by atoms with Crippen LogP contribution in [0.1, 0.15) is 12.0 Å². The van der Waals surface area contributed by atoms with Crippen LogP contribution in [0.5, 0.6) is 0 Å². The monoisotopic (exact) mass is 250 g/mol. The molecule has 0 aliphatic heterocycles. The minimum atomic E-state index is -0.302. The minimum absolute atomic E-state index is 0.155. The molecule has 0 saturated carbocycles. The number of nitrogens with one attached hydrogen (secondary N) is 1. The van der Waals surface area contributed by atoms with Gasteiger partial charge >= 0.3 is 0 Å². The fraction of sp³-hybridized carbons (Fsp3) is 0.357. The van der Waals surface area contributed by atoms with Crippen molar-refractivity contribution < 1.29 is 9.18 Å². The van der Waals surface area contributed by atoms with Crippen molar-refractivity contribution in [1.82, 2.24) is 10.2 Å². The Hall–Kier alpha value is -1.68. The molecule has 98 valence electrons. The number of amides is 1. The molecule has 0 unspecified atom stereocenters. The highest BCUT2D eigenvalue weighted by Gasteiger charge is 1.96. The summed E-state index contributed by atoms with van der Waals surface area (Å²) in [6, 6.07) is 6.12. The number of halogens is 1. The average Bonchev–Trinajstić information content (AvgIpc) is 2.32. The topological polar surface area (TPSA) is 32.3 Å². The summed E-state index contributed by atoms with van der Waals surface area (Å²) >= 11 is 0. The Labute approximate surface area is 107 Å². The predicted octanol–water partition coefficient (Wildman–Crippen LogP) is 1.91. The summed E-state index contributed by atoms with van der Waals surface area (Å²) in [5, 5.41) is 2.78. The molecule has 0 bridgehead atoms. The maximum absolute atomic E-state index is 12.9. The van der Waals surface area contributed by atoms with E-state index in [0.717, 1.165) is 13.0 Å². The van der Waals surface area contributed by atoms with E-state index < -0.39 is 0 Å². The summed E-state index contributed by atoms with van der Waals surface area (Å²) in [4.78, 5) is 13.5. The molecule has 0 heterocycles. The van der Waals surface area contributed by atoms with Crippen molar-refractivity contribution >= 4 is 12.0 Å². The number of rotatable bonds is 6. The lowest BCUT2D eigenvalue weighted by atomic mass is 10.2. The van der Waals surface area contributed by atoms with E-state index in [-0.39, 0.29) is 11.7 Å². The van der Waals surface area contributed by atoms with Crippen molar-refractivity contribution in [3.05, 3.63) is 41.7 Å². The zero-order valence-electron chi connectivity index (χ0n) is 10.8. The summed E-state index contributed by atoms with van der Waals surface area (Å²) in [5.41, 5.74) is 0.679. The second-order valence-electron chi connectivity index (χ2n) is 4.34. The van der Waals surface area contributed by atoms with Crippen LogP contribution in [0, 0.1) is 5.82 Å². The Morgan fingerprint density at radius 3 is 2.89 bits per heavy atom. The molecule has 1 N–H and O–H groups in total. The van der Waals surface area contributed by atoms with Gasteiger partial charge in [0.25, 0.3) is 0 Å². The predicted molar refractivity (Wildman–Crippen MR) is 71.6 cm³/mol. The molecule has 1 aromatic rings. The Kier molecular flexibility index (Phi) is 6.08. The van der Waals surface area contributed by atoms with E-state index in [2.05, 4.69) is 10.2 Å². The lowest BCUT2D eigenvalue weighted by Gasteiger charge is -2.08. The van der Waals surface area contributed by atoms with Gasteiger partial charge < -0.3 is 10.2 Å². The second kappa shape index (κ2) is 7.61. The zero-order chi connectivity index (χ0) is 13.4. The number of carbonyl (C=O) groups is 1. The third-order valence-electron chi connectivity index (χ3n) is 2.36. The fourth-order valence-electron chi connectivity index (χ4n) is 1.45. The van der Waals surface area contributed by atoms with E-state index in [4.69, 9.17) is 0 Å². The molecular weight excluding hydrogens is 231 g/mol. The smallest absolute Gasteiger partial charge is 0.243 e. The van der Waals surface area contributed by atoms with Gasteiger partial charge in [-0.25, -0.2) is 4.39 Å².